The number of para-hydroxylation sites is 1. The van der Waals surface area contributed by atoms with Crippen molar-refractivity contribution in [1.29, 1.82) is 0 Å². The number of benzene rings is 3. The molecule has 0 aliphatic heterocycles. The predicted octanol–water partition coefficient (Wildman–Crippen LogP) is 3.86. The highest BCUT2D eigenvalue weighted by Gasteiger charge is 2.19. The number of aromatic nitrogens is 2. The first-order valence-electron chi connectivity index (χ1n) is 11.0. The topological polar surface area (TPSA) is 91.6 Å². The number of anilines is 1. The van der Waals surface area contributed by atoms with Crippen LogP contribution in [0.5, 0.6) is 5.75 Å². The molecule has 35 heavy (non-hydrogen) atoms. The number of nitrogens with zero attached hydrogens (tertiary/aromatic N) is 2. The second-order valence-corrected chi connectivity index (χ2v) is 7.86. The van der Waals surface area contributed by atoms with Crippen molar-refractivity contribution < 1.29 is 19.1 Å². The van der Waals surface area contributed by atoms with Crippen LogP contribution in [0.1, 0.15) is 21.6 Å². The summed E-state index contributed by atoms with van der Waals surface area (Å²) < 4.78 is 13.9. The summed E-state index contributed by atoms with van der Waals surface area (Å²) in [5.74, 6) is -0.647. The molecular formula is C27H25N3O5. The van der Waals surface area contributed by atoms with E-state index in [1.165, 1.54) is 4.68 Å². The molecule has 1 N–H and O–H groups in total. The third-order valence-corrected chi connectivity index (χ3v) is 5.49. The van der Waals surface area contributed by atoms with Crippen molar-refractivity contribution in [3.8, 4) is 11.4 Å². The average molecular weight is 472 g/mol. The molecule has 0 radical (unpaired) electrons. The molecule has 0 bridgehead atoms. The van der Waals surface area contributed by atoms with Gasteiger partial charge in [0.05, 0.1) is 16.9 Å². The zero-order valence-electron chi connectivity index (χ0n) is 19.4. The Bertz CT molecular complexity index is 1370. The van der Waals surface area contributed by atoms with Crippen LogP contribution < -0.4 is 15.6 Å². The van der Waals surface area contributed by atoms with E-state index in [2.05, 4.69) is 5.32 Å². The lowest BCUT2D eigenvalue weighted by Crippen LogP contribution is -2.25. The van der Waals surface area contributed by atoms with Gasteiger partial charge in [0.1, 0.15) is 18.0 Å². The highest BCUT2D eigenvalue weighted by atomic mass is 16.5. The maximum absolute atomic E-state index is 12.9. The molecule has 1 amide bonds. The van der Waals surface area contributed by atoms with Gasteiger partial charge in [0, 0.05) is 7.05 Å². The largest absolute Gasteiger partial charge is 0.489 e. The van der Waals surface area contributed by atoms with Gasteiger partial charge in [0.25, 0.3) is 11.5 Å². The third kappa shape index (κ3) is 5.50. The van der Waals surface area contributed by atoms with E-state index in [1.807, 2.05) is 48.5 Å². The lowest BCUT2D eigenvalue weighted by molar-refractivity contribution is -0.119. The van der Waals surface area contributed by atoms with Gasteiger partial charge in [0.2, 0.25) is 0 Å². The van der Waals surface area contributed by atoms with Gasteiger partial charge in [0.15, 0.2) is 6.61 Å². The number of carbonyl (C=O) groups is 2. The summed E-state index contributed by atoms with van der Waals surface area (Å²) in [6.45, 7) is 1.61. The van der Waals surface area contributed by atoms with E-state index < -0.39 is 18.5 Å². The van der Waals surface area contributed by atoms with Gasteiger partial charge >= 0.3 is 5.97 Å². The SMILES string of the molecule is Cc1c(NC(=O)COC(=O)c2ccc(OCc3ccccc3)cc2)c(=O)n(-c2ccccc2)n1C. The Morgan fingerprint density at radius 3 is 2.17 bits per heavy atom. The second kappa shape index (κ2) is 10.6. The van der Waals surface area contributed by atoms with Crippen molar-refractivity contribution in [2.24, 2.45) is 7.05 Å². The number of hydrogen-bond acceptors (Lipinski definition) is 5. The van der Waals surface area contributed by atoms with Gasteiger partial charge in [-0.3, -0.25) is 14.3 Å². The lowest BCUT2D eigenvalue weighted by Gasteiger charge is -2.08. The number of carbonyl (C=O) groups excluding carboxylic acids is 2. The number of nitrogens with one attached hydrogen (secondary N) is 1. The summed E-state index contributed by atoms with van der Waals surface area (Å²) in [6.07, 6.45) is 0. The van der Waals surface area contributed by atoms with Gasteiger partial charge in [-0.05, 0) is 48.9 Å². The van der Waals surface area contributed by atoms with E-state index in [0.717, 1.165) is 5.56 Å². The van der Waals surface area contributed by atoms with E-state index in [0.29, 0.717) is 23.7 Å². The quantitative estimate of drug-likeness (QED) is 0.394. The summed E-state index contributed by atoms with van der Waals surface area (Å²) in [5, 5.41) is 2.57. The maximum atomic E-state index is 12.9. The Kier molecular flexibility index (Phi) is 7.11. The Morgan fingerprint density at radius 1 is 0.886 bits per heavy atom. The smallest absolute Gasteiger partial charge is 0.338 e. The molecule has 0 spiro atoms. The zero-order valence-corrected chi connectivity index (χ0v) is 19.4. The minimum absolute atomic E-state index is 0.136. The van der Waals surface area contributed by atoms with Gasteiger partial charge in [-0.15, -0.1) is 0 Å². The Labute approximate surface area is 202 Å². The molecule has 4 rings (SSSR count). The summed E-state index contributed by atoms with van der Waals surface area (Å²) in [7, 11) is 1.73. The molecule has 4 aromatic rings. The van der Waals surface area contributed by atoms with Crippen molar-refractivity contribution >= 4 is 17.6 Å². The van der Waals surface area contributed by atoms with E-state index in [-0.39, 0.29) is 16.8 Å². The van der Waals surface area contributed by atoms with Crippen molar-refractivity contribution in [1.82, 2.24) is 9.36 Å². The van der Waals surface area contributed by atoms with Gasteiger partial charge in [-0.1, -0.05) is 48.5 Å². The molecule has 1 aromatic heterocycles. The predicted molar refractivity (Wildman–Crippen MR) is 132 cm³/mol. The first-order valence-corrected chi connectivity index (χ1v) is 11.0. The van der Waals surface area contributed by atoms with Crippen molar-refractivity contribution in [2.45, 2.75) is 13.5 Å². The molecule has 8 nitrogen and oxygen atoms in total. The van der Waals surface area contributed by atoms with Crippen LogP contribution in [0, 0.1) is 6.92 Å². The standard InChI is InChI=1S/C27H25N3O5/c1-19-25(26(32)30(29(19)2)22-11-7-4-8-12-22)28-24(31)18-35-27(33)21-13-15-23(16-14-21)34-17-20-9-5-3-6-10-20/h3-16H,17-18H2,1-2H3,(H,28,31). The maximum Gasteiger partial charge on any atom is 0.338 e. The molecule has 0 saturated carbocycles. The minimum atomic E-state index is -0.652. The first kappa shape index (κ1) is 23.6. The van der Waals surface area contributed by atoms with Crippen molar-refractivity contribution in [3.05, 3.63) is 112 Å². The second-order valence-electron chi connectivity index (χ2n) is 7.86. The summed E-state index contributed by atoms with van der Waals surface area (Å²) >= 11 is 0. The lowest BCUT2D eigenvalue weighted by atomic mass is 10.2. The fraction of sp³-hybridized carbons (Fsp3) is 0.148. The Morgan fingerprint density at radius 2 is 1.51 bits per heavy atom. The van der Waals surface area contributed by atoms with Crippen LogP contribution in [0.15, 0.2) is 89.7 Å². The minimum Gasteiger partial charge on any atom is -0.489 e. The highest BCUT2D eigenvalue weighted by molar-refractivity contribution is 5.95. The van der Waals surface area contributed by atoms with E-state index >= 15 is 0 Å². The molecule has 1 heterocycles. The highest BCUT2D eigenvalue weighted by Crippen LogP contribution is 2.16. The number of hydrogen-bond donors (Lipinski definition) is 1. The number of esters is 1. The summed E-state index contributed by atoms with van der Waals surface area (Å²) in [5.41, 5.74) is 2.33. The molecule has 0 unspecified atom stereocenters. The summed E-state index contributed by atoms with van der Waals surface area (Å²) in [4.78, 5) is 37.7. The third-order valence-electron chi connectivity index (χ3n) is 5.49. The molecular weight excluding hydrogens is 446 g/mol. The van der Waals surface area contributed by atoms with Gasteiger partial charge in [-0.25, -0.2) is 9.48 Å². The monoisotopic (exact) mass is 471 g/mol. The van der Waals surface area contributed by atoms with Crippen LogP contribution in [-0.4, -0.2) is 27.8 Å². The molecule has 0 aliphatic carbocycles. The molecule has 3 aromatic carbocycles. The normalized spacial score (nSPS) is 10.6. The van der Waals surface area contributed by atoms with Crippen LogP contribution in [-0.2, 0) is 23.2 Å². The molecule has 0 saturated heterocycles. The fourth-order valence-corrected chi connectivity index (χ4v) is 3.53. The average Bonchev–Trinajstić information content (AvgIpc) is 3.10. The molecule has 0 fully saturated rings. The van der Waals surface area contributed by atoms with Crippen LogP contribution in [0.3, 0.4) is 0 Å². The van der Waals surface area contributed by atoms with E-state index in [4.69, 9.17) is 9.47 Å². The van der Waals surface area contributed by atoms with Gasteiger partial charge in [-0.2, -0.15) is 0 Å². The number of ether oxygens (including phenoxy) is 2. The van der Waals surface area contributed by atoms with Crippen LogP contribution in [0.2, 0.25) is 0 Å². The molecule has 0 atom stereocenters. The summed E-state index contributed by atoms with van der Waals surface area (Å²) in [6, 6.07) is 25.3. The Hall–Kier alpha value is -4.59. The van der Waals surface area contributed by atoms with E-state index in [9.17, 15) is 14.4 Å². The van der Waals surface area contributed by atoms with Crippen LogP contribution in [0.4, 0.5) is 5.69 Å². The fourth-order valence-electron chi connectivity index (χ4n) is 3.53. The molecule has 8 heteroatoms. The van der Waals surface area contributed by atoms with Crippen molar-refractivity contribution in [2.75, 3.05) is 11.9 Å². The first-order chi connectivity index (χ1) is 16.9. The molecule has 0 aliphatic rings. The van der Waals surface area contributed by atoms with Crippen LogP contribution in [0.25, 0.3) is 5.69 Å². The molecule has 178 valence electrons. The van der Waals surface area contributed by atoms with Crippen molar-refractivity contribution in [3.63, 3.8) is 0 Å². The number of rotatable bonds is 8. The Balaban J connectivity index is 1.33. The van der Waals surface area contributed by atoms with Gasteiger partial charge < -0.3 is 14.8 Å². The van der Waals surface area contributed by atoms with Crippen LogP contribution >= 0.6 is 0 Å². The zero-order chi connectivity index (χ0) is 24.8. The van der Waals surface area contributed by atoms with E-state index in [1.54, 1.807) is 55.1 Å². The number of amides is 1.